The van der Waals surface area contributed by atoms with Gasteiger partial charge in [0, 0.05) is 5.70 Å². The second-order valence-corrected chi connectivity index (χ2v) is 7.14. The summed E-state index contributed by atoms with van der Waals surface area (Å²) in [6.07, 6.45) is 1.84. The number of hydrazine groups is 1. The van der Waals surface area contributed by atoms with E-state index >= 15 is 0 Å². The van der Waals surface area contributed by atoms with Gasteiger partial charge in [0.2, 0.25) is 0 Å². The summed E-state index contributed by atoms with van der Waals surface area (Å²) < 4.78 is 31.9. The minimum Gasteiger partial charge on any atom is -0.495 e. The van der Waals surface area contributed by atoms with Crippen molar-refractivity contribution in [1.82, 2.24) is 15.2 Å². The number of nitrogens with zero attached hydrogens (tertiary/aromatic N) is 1. The molecule has 0 aliphatic carbocycles. The molecule has 8 heteroatoms. The van der Waals surface area contributed by atoms with Gasteiger partial charge < -0.3 is 4.74 Å². The van der Waals surface area contributed by atoms with Gasteiger partial charge in [-0.15, -0.1) is 0 Å². The minimum atomic E-state index is -4.04. The van der Waals surface area contributed by atoms with Gasteiger partial charge in [0.05, 0.1) is 12.6 Å². The van der Waals surface area contributed by atoms with Crippen LogP contribution in [-0.2, 0) is 10.0 Å². The van der Waals surface area contributed by atoms with Crippen molar-refractivity contribution in [1.29, 1.82) is 0 Å². The third-order valence-corrected chi connectivity index (χ3v) is 4.58. The van der Waals surface area contributed by atoms with E-state index in [-0.39, 0.29) is 10.6 Å². The molecule has 1 heterocycles. The number of sulfonamides is 1. The molecule has 1 aliphatic rings. The zero-order valence-electron chi connectivity index (χ0n) is 12.9. The molecule has 0 radical (unpaired) electrons. The van der Waals surface area contributed by atoms with E-state index in [1.54, 1.807) is 32.9 Å². The molecule has 2 amide bonds. The van der Waals surface area contributed by atoms with Crippen LogP contribution in [0.15, 0.2) is 40.9 Å². The number of ether oxygens (including phenoxy) is 1. The fourth-order valence-corrected chi connectivity index (χ4v) is 3.42. The number of rotatable bonds is 3. The molecule has 1 aromatic carbocycles. The third-order valence-electron chi connectivity index (χ3n) is 3.22. The van der Waals surface area contributed by atoms with Crippen molar-refractivity contribution in [3.63, 3.8) is 0 Å². The first kappa shape index (κ1) is 16.2. The van der Waals surface area contributed by atoms with Gasteiger partial charge in [-0.2, -0.15) is 0 Å². The SMILES string of the molecule is COc1ccccc1S(=O)(=O)NC(=O)N1NC(C)=CC1(C)C. The molecule has 0 saturated heterocycles. The van der Waals surface area contributed by atoms with E-state index in [0.29, 0.717) is 0 Å². The molecule has 1 aliphatic heterocycles. The molecule has 0 unspecified atom stereocenters. The summed E-state index contributed by atoms with van der Waals surface area (Å²) in [5.41, 5.74) is 2.97. The van der Waals surface area contributed by atoms with E-state index in [1.165, 1.54) is 24.3 Å². The van der Waals surface area contributed by atoms with Crippen molar-refractivity contribution in [2.75, 3.05) is 7.11 Å². The Kier molecular flexibility index (Phi) is 4.06. The van der Waals surface area contributed by atoms with E-state index in [4.69, 9.17) is 4.74 Å². The molecule has 0 bridgehead atoms. The van der Waals surface area contributed by atoms with Gasteiger partial charge in [0.15, 0.2) is 0 Å². The van der Waals surface area contributed by atoms with Crippen LogP contribution in [0.5, 0.6) is 5.75 Å². The van der Waals surface area contributed by atoms with Gasteiger partial charge in [-0.1, -0.05) is 12.1 Å². The Bertz CT molecular complexity index is 725. The Morgan fingerprint density at radius 1 is 1.32 bits per heavy atom. The van der Waals surface area contributed by atoms with Crippen LogP contribution in [0.3, 0.4) is 0 Å². The van der Waals surface area contributed by atoms with Crippen molar-refractivity contribution < 1.29 is 17.9 Å². The number of carbonyl (C=O) groups excluding carboxylic acids is 1. The predicted molar refractivity (Wildman–Crippen MR) is 81.5 cm³/mol. The first-order valence-electron chi connectivity index (χ1n) is 6.63. The molecule has 7 nitrogen and oxygen atoms in total. The second kappa shape index (κ2) is 5.53. The van der Waals surface area contributed by atoms with Crippen LogP contribution in [0.25, 0.3) is 0 Å². The number of benzene rings is 1. The van der Waals surface area contributed by atoms with Crippen LogP contribution in [0.1, 0.15) is 20.8 Å². The summed E-state index contributed by atoms with van der Waals surface area (Å²) in [6.45, 7) is 5.39. The number of hydrogen-bond donors (Lipinski definition) is 2. The summed E-state index contributed by atoms with van der Waals surface area (Å²) in [7, 11) is -2.67. The van der Waals surface area contributed by atoms with Gasteiger partial charge >= 0.3 is 6.03 Å². The number of carbonyl (C=O) groups is 1. The standard InChI is InChI=1S/C14H19N3O4S/c1-10-9-14(2,3)17(15-10)13(18)16-22(19,20)12-8-6-5-7-11(12)21-4/h5-9,15H,1-4H3,(H,16,18). The lowest BCUT2D eigenvalue weighted by atomic mass is 10.1. The number of urea groups is 1. The van der Waals surface area contributed by atoms with E-state index in [1.807, 2.05) is 10.8 Å². The summed E-state index contributed by atoms with van der Waals surface area (Å²) in [4.78, 5) is 12.2. The predicted octanol–water partition coefficient (Wildman–Crippen LogP) is 1.60. The third kappa shape index (κ3) is 3.01. The first-order valence-corrected chi connectivity index (χ1v) is 8.12. The molecule has 0 fully saturated rings. The van der Waals surface area contributed by atoms with E-state index in [2.05, 4.69) is 5.43 Å². The van der Waals surface area contributed by atoms with Crippen LogP contribution in [0, 0.1) is 0 Å². The Balaban J connectivity index is 2.25. The Hall–Kier alpha value is -2.22. The number of amides is 2. The molecule has 0 atom stereocenters. The number of para-hydroxylation sites is 1. The molecular formula is C14H19N3O4S. The topological polar surface area (TPSA) is 87.7 Å². The lowest BCUT2D eigenvalue weighted by Crippen LogP contribution is -2.54. The van der Waals surface area contributed by atoms with Crippen molar-refractivity contribution in [3.8, 4) is 5.75 Å². The zero-order chi connectivity index (χ0) is 16.5. The fraction of sp³-hybridized carbons (Fsp3) is 0.357. The molecule has 0 aromatic heterocycles. The van der Waals surface area contributed by atoms with Crippen LogP contribution in [0.2, 0.25) is 0 Å². The van der Waals surface area contributed by atoms with Gasteiger partial charge in [0.1, 0.15) is 10.6 Å². The van der Waals surface area contributed by atoms with E-state index in [0.717, 1.165) is 5.70 Å². The Morgan fingerprint density at radius 2 is 1.95 bits per heavy atom. The fourth-order valence-electron chi connectivity index (χ4n) is 2.32. The smallest absolute Gasteiger partial charge is 0.350 e. The van der Waals surface area contributed by atoms with Crippen LogP contribution in [-0.4, -0.2) is 32.1 Å². The quantitative estimate of drug-likeness (QED) is 0.881. The van der Waals surface area contributed by atoms with Crippen molar-refractivity contribution in [2.45, 2.75) is 31.2 Å². The normalized spacial score (nSPS) is 16.7. The highest BCUT2D eigenvalue weighted by Gasteiger charge is 2.36. The van der Waals surface area contributed by atoms with E-state index in [9.17, 15) is 13.2 Å². The molecule has 2 N–H and O–H groups in total. The van der Waals surface area contributed by atoms with Crippen LogP contribution < -0.4 is 14.9 Å². The van der Waals surface area contributed by atoms with Crippen molar-refractivity contribution in [3.05, 3.63) is 36.0 Å². The highest BCUT2D eigenvalue weighted by atomic mass is 32.2. The van der Waals surface area contributed by atoms with E-state index < -0.39 is 21.6 Å². The molecular weight excluding hydrogens is 306 g/mol. The molecule has 22 heavy (non-hydrogen) atoms. The summed E-state index contributed by atoms with van der Waals surface area (Å²) in [5, 5.41) is 1.23. The van der Waals surface area contributed by atoms with Crippen LogP contribution in [0.4, 0.5) is 4.79 Å². The minimum absolute atomic E-state index is 0.0902. The van der Waals surface area contributed by atoms with Gasteiger partial charge in [-0.25, -0.2) is 22.9 Å². The Morgan fingerprint density at radius 3 is 2.50 bits per heavy atom. The first-order chi connectivity index (χ1) is 10.2. The molecule has 1 aromatic rings. The van der Waals surface area contributed by atoms with Crippen molar-refractivity contribution in [2.24, 2.45) is 0 Å². The van der Waals surface area contributed by atoms with Crippen molar-refractivity contribution >= 4 is 16.1 Å². The molecule has 120 valence electrons. The average molecular weight is 325 g/mol. The van der Waals surface area contributed by atoms with Gasteiger partial charge in [0.25, 0.3) is 10.0 Å². The maximum atomic E-state index is 12.4. The lowest BCUT2D eigenvalue weighted by Gasteiger charge is -2.30. The van der Waals surface area contributed by atoms with Gasteiger partial charge in [-0.3, -0.25) is 5.43 Å². The number of allylic oxidation sites excluding steroid dienone is 1. The van der Waals surface area contributed by atoms with Gasteiger partial charge in [-0.05, 0) is 39.0 Å². The number of nitrogens with one attached hydrogen (secondary N) is 2. The highest BCUT2D eigenvalue weighted by molar-refractivity contribution is 7.90. The maximum absolute atomic E-state index is 12.4. The zero-order valence-corrected chi connectivity index (χ0v) is 13.7. The Labute approximate surface area is 130 Å². The number of methoxy groups -OCH3 is 1. The maximum Gasteiger partial charge on any atom is 0.350 e. The summed E-state index contributed by atoms with van der Waals surface area (Å²) in [5.74, 6) is 0.172. The van der Waals surface area contributed by atoms with Crippen LogP contribution >= 0.6 is 0 Å². The molecule has 0 spiro atoms. The average Bonchev–Trinajstić information content (AvgIpc) is 2.71. The second-order valence-electron chi connectivity index (χ2n) is 5.49. The number of hydrogen-bond acceptors (Lipinski definition) is 5. The lowest BCUT2D eigenvalue weighted by molar-refractivity contribution is 0.150. The largest absolute Gasteiger partial charge is 0.495 e. The molecule has 0 saturated carbocycles. The summed E-state index contributed by atoms with van der Waals surface area (Å²) >= 11 is 0. The monoisotopic (exact) mass is 325 g/mol. The molecule has 2 rings (SSSR count). The highest BCUT2D eigenvalue weighted by Crippen LogP contribution is 2.25. The summed E-state index contributed by atoms with van der Waals surface area (Å²) in [6, 6.07) is 5.34.